The molecular weight excluding hydrogens is 280 g/mol. The average Bonchev–Trinajstić information content (AvgIpc) is 3.10. The van der Waals surface area contributed by atoms with Gasteiger partial charge in [-0.1, -0.05) is 60.7 Å². The Morgan fingerprint density at radius 2 is 1.48 bits per heavy atom. The molecular formula is C21H28N2. The van der Waals surface area contributed by atoms with Crippen LogP contribution >= 0.6 is 0 Å². The first kappa shape index (κ1) is 16.2. The van der Waals surface area contributed by atoms with Crippen LogP contribution in [0.2, 0.25) is 0 Å². The minimum absolute atomic E-state index is 0.755. The Bertz CT molecular complexity index is 505. The van der Waals surface area contributed by atoms with E-state index in [-0.39, 0.29) is 0 Å². The predicted molar refractivity (Wildman–Crippen MR) is 97.3 cm³/mol. The molecule has 0 amide bonds. The molecule has 1 aliphatic rings. The van der Waals surface area contributed by atoms with Gasteiger partial charge in [0.15, 0.2) is 0 Å². The maximum absolute atomic E-state index is 3.61. The molecule has 1 heterocycles. The summed E-state index contributed by atoms with van der Waals surface area (Å²) in [7, 11) is 0. The summed E-state index contributed by atoms with van der Waals surface area (Å²) in [5.41, 5.74) is 2.81. The van der Waals surface area contributed by atoms with E-state index < -0.39 is 0 Å². The van der Waals surface area contributed by atoms with Gasteiger partial charge in [-0.25, -0.2) is 0 Å². The molecule has 1 unspecified atom stereocenters. The Labute approximate surface area is 140 Å². The van der Waals surface area contributed by atoms with Crippen molar-refractivity contribution in [1.29, 1.82) is 0 Å². The van der Waals surface area contributed by atoms with Crippen LogP contribution in [-0.4, -0.2) is 24.0 Å². The molecule has 23 heavy (non-hydrogen) atoms. The summed E-state index contributed by atoms with van der Waals surface area (Å²) in [6.07, 6.45) is 5.29. The van der Waals surface area contributed by atoms with E-state index in [2.05, 4.69) is 70.9 Å². The zero-order chi connectivity index (χ0) is 15.7. The van der Waals surface area contributed by atoms with Crippen molar-refractivity contribution in [2.24, 2.45) is 0 Å². The van der Waals surface area contributed by atoms with Crippen LogP contribution < -0.4 is 5.32 Å². The van der Waals surface area contributed by atoms with Gasteiger partial charge in [0.2, 0.25) is 0 Å². The lowest BCUT2D eigenvalue weighted by Crippen LogP contribution is -2.27. The van der Waals surface area contributed by atoms with Crippen molar-refractivity contribution in [2.45, 2.75) is 44.8 Å². The average molecular weight is 308 g/mol. The molecule has 1 atom stereocenters. The molecule has 0 aromatic heterocycles. The third kappa shape index (κ3) is 5.49. The SMILES string of the molecule is c1ccc(CN(CCCC2CCCN2)Cc2ccccc2)cc1. The second kappa shape index (κ2) is 8.85. The second-order valence-electron chi connectivity index (χ2n) is 6.62. The fourth-order valence-electron chi connectivity index (χ4n) is 3.46. The van der Waals surface area contributed by atoms with E-state index in [0.29, 0.717) is 0 Å². The number of rotatable bonds is 8. The van der Waals surface area contributed by atoms with Gasteiger partial charge in [-0.05, 0) is 49.9 Å². The highest BCUT2D eigenvalue weighted by atomic mass is 15.1. The van der Waals surface area contributed by atoms with Crippen LogP contribution in [0.3, 0.4) is 0 Å². The molecule has 2 heteroatoms. The van der Waals surface area contributed by atoms with Crippen LogP contribution in [0.15, 0.2) is 60.7 Å². The number of hydrogen-bond acceptors (Lipinski definition) is 2. The Kier molecular flexibility index (Phi) is 6.25. The third-order valence-electron chi connectivity index (χ3n) is 4.69. The molecule has 0 aliphatic carbocycles. The van der Waals surface area contributed by atoms with Gasteiger partial charge in [0.1, 0.15) is 0 Å². The fourth-order valence-corrected chi connectivity index (χ4v) is 3.46. The minimum atomic E-state index is 0.755. The number of benzene rings is 2. The summed E-state index contributed by atoms with van der Waals surface area (Å²) in [5.74, 6) is 0. The van der Waals surface area contributed by atoms with Gasteiger partial charge >= 0.3 is 0 Å². The molecule has 0 bridgehead atoms. The lowest BCUT2D eigenvalue weighted by atomic mass is 10.1. The van der Waals surface area contributed by atoms with Gasteiger partial charge in [-0.3, -0.25) is 4.90 Å². The van der Waals surface area contributed by atoms with Gasteiger partial charge in [0, 0.05) is 19.1 Å². The largest absolute Gasteiger partial charge is 0.314 e. The van der Waals surface area contributed by atoms with Crippen LogP contribution in [0.25, 0.3) is 0 Å². The predicted octanol–water partition coefficient (Wildman–Crippen LogP) is 4.22. The van der Waals surface area contributed by atoms with Crippen LogP contribution in [0.1, 0.15) is 36.8 Å². The van der Waals surface area contributed by atoms with E-state index in [1.165, 1.54) is 49.9 Å². The Morgan fingerprint density at radius 1 is 0.870 bits per heavy atom. The zero-order valence-corrected chi connectivity index (χ0v) is 14.0. The standard InChI is InChI=1S/C21H28N2/c1-3-9-19(10-4-1)17-23(18-20-11-5-2-6-12-20)16-8-14-21-13-7-15-22-21/h1-6,9-12,21-22H,7-8,13-18H2. The molecule has 0 saturated carbocycles. The van der Waals surface area contributed by atoms with E-state index in [9.17, 15) is 0 Å². The van der Waals surface area contributed by atoms with Crippen molar-refractivity contribution in [3.8, 4) is 0 Å². The first-order valence-electron chi connectivity index (χ1n) is 8.94. The minimum Gasteiger partial charge on any atom is -0.314 e. The summed E-state index contributed by atoms with van der Waals surface area (Å²) in [6, 6.07) is 22.4. The van der Waals surface area contributed by atoms with Gasteiger partial charge < -0.3 is 5.32 Å². The molecule has 1 saturated heterocycles. The molecule has 3 rings (SSSR count). The van der Waals surface area contributed by atoms with Crippen LogP contribution in [-0.2, 0) is 13.1 Å². The van der Waals surface area contributed by atoms with Gasteiger partial charge in [-0.15, -0.1) is 0 Å². The molecule has 2 aromatic rings. The molecule has 2 aromatic carbocycles. The number of hydrogen-bond donors (Lipinski definition) is 1. The van der Waals surface area contributed by atoms with Crippen LogP contribution in [0.5, 0.6) is 0 Å². The monoisotopic (exact) mass is 308 g/mol. The number of nitrogens with one attached hydrogen (secondary N) is 1. The zero-order valence-electron chi connectivity index (χ0n) is 14.0. The molecule has 0 spiro atoms. The number of nitrogens with zero attached hydrogens (tertiary/aromatic N) is 1. The van der Waals surface area contributed by atoms with E-state index in [1.807, 2.05) is 0 Å². The van der Waals surface area contributed by atoms with Crippen LogP contribution in [0, 0.1) is 0 Å². The van der Waals surface area contributed by atoms with Crippen molar-refractivity contribution in [1.82, 2.24) is 10.2 Å². The quantitative estimate of drug-likeness (QED) is 0.785. The van der Waals surface area contributed by atoms with Crippen LogP contribution in [0.4, 0.5) is 0 Å². The summed E-state index contributed by atoms with van der Waals surface area (Å²) in [6.45, 7) is 4.45. The maximum Gasteiger partial charge on any atom is 0.0237 e. The Hall–Kier alpha value is -1.64. The van der Waals surface area contributed by atoms with Crippen molar-refractivity contribution < 1.29 is 0 Å². The van der Waals surface area contributed by atoms with E-state index in [4.69, 9.17) is 0 Å². The van der Waals surface area contributed by atoms with Gasteiger partial charge in [0.25, 0.3) is 0 Å². The van der Waals surface area contributed by atoms with Crippen molar-refractivity contribution in [3.63, 3.8) is 0 Å². The third-order valence-corrected chi connectivity index (χ3v) is 4.69. The summed E-state index contributed by atoms with van der Waals surface area (Å²) < 4.78 is 0. The van der Waals surface area contributed by atoms with Gasteiger partial charge in [0.05, 0.1) is 0 Å². The fraction of sp³-hybridized carbons (Fsp3) is 0.429. The Morgan fingerprint density at radius 3 is 2.00 bits per heavy atom. The van der Waals surface area contributed by atoms with Crippen molar-refractivity contribution >= 4 is 0 Å². The first-order chi connectivity index (χ1) is 11.4. The topological polar surface area (TPSA) is 15.3 Å². The van der Waals surface area contributed by atoms with Crippen molar-refractivity contribution in [2.75, 3.05) is 13.1 Å². The highest BCUT2D eigenvalue weighted by molar-refractivity contribution is 5.17. The molecule has 122 valence electrons. The highest BCUT2D eigenvalue weighted by Gasteiger charge is 2.14. The first-order valence-corrected chi connectivity index (χ1v) is 8.94. The Balaban J connectivity index is 1.55. The molecule has 1 fully saturated rings. The molecule has 1 N–H and O–H groups in total. The molecule has 2 nitrogen and oxygen atoms in total. The van der Waals surface area contributed by atoms with Crippen molar-refractivity contribution in [3.05, 3.63) is 71.8 Å². The summed E-state index contributed by atoms with van der Waals surface area (Å²) in [5, 5.41) is 3.61. The normalized spacial score (nSPS) is 17.7. The maximum atomic E-state index is 3.61. The lowest BCUT2D eigenvalue weighted by molar-refractivity contribution is 0.247. The second-order valence-corrected chi connectivity index (χ2v) is 6.62. The van der Waals surface area contributed by atoms with E-state index in [1.54, 1.807) is 0 Å². The summed E-state index contributed by atoms with van der Waals surface area (Å²) in [4.78, 5) is 2.58. The van der Waals surface area contributed by atoms with E-state index >= 15 is 0 Å². The molecule has 0 radical (unpaired) electrons. The van der Waals surface area contributed by atoms with Gasteiger partial charge in [-0.2, -0.15) is 0 Å². The molecule has 1 aliphatic heterocycles. The highest BCUT2D eigenvalue weighted by Crippen LogP contribution is 2.14. The lowest BCUT2D eigenvalue weighted by Gasteiger charge is -2.23. The smallest absolute Gasteiger partial charge is 0.0237 e. The van der Waals surface area contributed by atoms with E-state index in [0.717, 1.165) is 19.1 Å². The summed E-state index contributed by atoms with van der Waals surface area (Å²) >= 11 is 0.